The Kier molecular flexibility index (Phi) is 2.58. The van der Waals surface area contributed by atoms with Crippen LogP contribution in [0.2, 0.25) is 0 Å². The van der Waals surface area contributed by atoms with Crippen molar-refractivity contribution in [2.75, 3.05) is 6.61 Å². The second-order valence-electron chi connectivity index (χ2n) is 3.01. The standard InChI is InChI=1S/C11H11NO3/c1-2-14-10-6-4-3-5-8(10)9-7-11(13)15-12-9/h3-7,12H,2H2,1H3. The van der Waals surface area contributed by atoms with Crippen molar-refractivity contribution >= 4 is 0 Å². The van der Waals surface area contributed by atoms with Gasteiger partial charge in [0.25, 0.3) is 0 Å². The Morgan fingerprint density at radius 2 is 2.20 bits per heavy atom. The third-order valence-electron chi connectivity index (χ3n) is 2.00. The number of H-pyrrole nitrogens is 1. The number of aromatic nitrogens is 1. The molecule has 1 aromatic heterocycles. The van der Waals surface area contributed by atoms with E-state index < -0.39 is 5.63 Å². The van der Waals surface area contributed by atoms with Crippen LogP contribution in [0.1, 0.15) is 6.92 Å². The van der Waals surface area contributed by atoms with E-state index in [0.717, 1.165) is 11.3 Å². The smallest absolute Gasteiger partial charge is 0.357 e. The molecule has 0 atom stereocenters. The number of nitrogens with one attached hydrogen (secondary N) is 1. The highest BCUT2D eigenvalue weighted by atomic mass is 16.5. The summed E-state index contributed by atoms with van der Waals surface area (Å²) < 4.78 is 10.1. The lowest BCUT2D eigenvalue weighted by Gasteiger charge is -2.07. The number of aromatic amines is 1. The van der Waals surface area contributed by atoms with Gasteiger partial charge in [-0.05, 0) is 19.1 Å². The maximum atomic E-state index is 10.9. The Morgan fingerprint density at radius 1 is 1.40 bits per heavy atom. The molecule has 0 fully saturated rings. The zero-order valence-corrected chi connectivity index (χ0v) is 8.32. The molecular weight excluding hydrogens is 194 g/mol. The molecule has 1 heterocycles. The van der Waals surface area contributed by atoms with Crippen molar-refractivity contribution in [2.45, 2.75) is 6.92 Å². The molecule has 0 aliphatic heterocycles. The highest BCUT2D eigenvalue weighted by Crippen LogP contribution is 2.27. The molecule has 1 aromatic carbocycles. The van der Waals surface area contributed by atoms with Crippen LogP contribution >= 0.6 is 0 Å². The average Bonchev–Trinajstić information content (AvgIpc) is 2.66. The third kappa shape index (κ3) is 1.93. The monoisotopic (exact) mass is 205 g/mol. The Labute approximate surface area is 86.5 Å². The van der Waals surface area contributed by atoms with Crippen molar-refractivity contribution in [1.29, 1.82) is 0 Å². The molecule has 0 saturated heterocycles. The van der Waals surface area contributed by atoms with Gasteiger partial charge in [0.1, 0.15) is 5.75 Å². The lowest BCUT2D eigenvalue weighted by Crippen LogP contribution is -1.93. The van der Waals surface area contributed by atoms with E-state index in [4.69, 9.17) is 4.74 Å². The van der Waals surface area contributed by atoms with E-state index in [-0.39, 0.29) is 0 Å². The molecule has 0 saturated carbocycles. The second-order valence-corrected chi connectivity index (χ2v) is 3.01. The van der Waals surface area contributed by atoms with Crippen LogP contribution < -0.4 is 10.4 Å². The number of hydrogen-bond acceptors (Lipinski definition) is 3. The summed E-state index contributed by atoms with van der Waals surface area (Å²) in [6.45, 7) is 2.49. The molecule has 0 unspecified atom stereocenters. The van der Waals surface area contributed by atoms with Gasteiger partial charge in [-0.25, -0.2) is 9.95 Å². The van der Waals surface area contributed by atoms with E-state index in [1.807, 2.05) is 31.2 Å². The molecule has 0 bridgehead atoms. The molecule has 0 radical (unpaired) electrons. The molecule has 4 nitrogen and oxygen atoms in total. The zero-order chi connectivity index (χ0) is 10.7. The minimum Gasteiger partial charge on any atom is -0.493 e. The quantitative estimate of drug-likeness (QED) is 0.834. The summed E-state index contributed by atoms with van der Waals surface area (Å²) in [5.74, 6) is 0.733. The number of benzene rings is 1. The van der Waals surface area contributed by atoms with E-state index in [0.29, 0.717) is 12.3 Å². The van der Waals surface area contributed by atoms with Gasteiger partial charge in [0.2, 0.25) is 0 Å². The van der Waals surface area contributed by atoms with E-state index in [1.54, 1.807) is 0 Å². The van der Waals surface area contributed by atoms with Gasteiger partial charge in [-0.2, -0.15) is 0 Å². The van der Waals surface area contributed by atoms with Crippen molar-refractivity contribution in [3.8, 4) is 17.0 Å². The van der Waals surface area contributed by atoms with Gasteiger partial charge >= 0.3 is 5.63 Å². The number of hydrogen-bond donors (Lipinski definition) is 1. The first-order chi connectivity index (χ1) is 7.31. The van der Waals surface area contributed by atoms with Gasteiger partial charge in [-0.15, -0.1) is 0 Å². The van der Waals surface area contributed by atoms with E-state index in [2.05, 4.69) is 9.68 Å². The number of para-hydroxylation sites is 1. The van der Waals surface area contributed by atoms with Gasteiger partial charge in [0.15, 0.2) is 0 Å². The van der Waals surface area contributed by atoms with Crippen molar-refractivity contribution in [2.24, 2.45) is 0 Å². The minimum absolute atomic E-state index is 0.392. The zero-order valence-electron chi connectivity index (χ0n) is 8.32. The van der Waals surface area contributed by atoms with Crippen molar-refractivity contribution in [3.05, 3.63) is 40.8 Å². The fourth-order valence-electron chi connectivity index (χ4n) is 1.39. The summed E-state index contributed by atoms with van der Waals surface area (Å²) in [5.41, 5.74) is 1.06. The van der Waals surface area contributed by atoms with Gasteiger partial charge in [0, 0.05) is 5.56 Å². The minimum atomic E-state index is -0.392. The molecule has 2 aromatic rings. The van der Waals surface area contributed by atoms with Crippen molar-refractivity contribution in [1.82, 2.24) is 5.16 Å². The van der Waals surface area contributed by atoms with Crippen LogP contribution in [-0.2, 0) is 0 Å². The first-order valence-corrected chi connectivity index (χ1v) is 4.72. The van der Waals surface area contributed by atoms with Crippen LogP contribution in [0, 0.1) is 0 Å². The van der Waals surface area contributed by atoms with Crippen LogP contribution in [0.4, 0.5) is 0 Å². The SMILES string of the molecule is CCOc1ccccc1-c1cc(=O)o[nH]1. The second kappa shape index (κ2) is 4.04. The van der Waals surface area contributed by atoms with Crippen LogP contribution in [0.3, 0.4) is 0 Å². The molecule has 2 rings (SSSR count). The number of rotatable bonds is 3. The van der Waals surface area contributed by atoms with Crippen LogP contribution in [0.15, 0.2) is 39.6 Å². The van der Waals surface area contributed by atoms with Crippen LogP contribution in [-0.4, -0.2) is 11.8 Å². The van der Waals surface area contributed by atoms with Gasteiger partial charge in [-0.3, -0.25) is 0 Å². The van der Waals surface area contributed by atoms with E-state index >= 15 is 0 Å². The topological polar surface area (TPSA) is 55.2 Å². The summed E-state index contributed by atoms with van der Waals surface area (Å²) in [5, 5.41) is 2.55. The first-order valence-electron chi connectivity index (χ1n) is 4.72. The lowest BCUT2D eigenvalue weighted by atomic mass is 10.1. The summed E-state index contributed by atoms with van der Waals surface area (Å²) in [7, 11) is 0. The highest BCUT2D eigenvalue weighted by Gasteiger charge is 2.07. The molecule has 0 aliphatic carbocycles. The summed E-state index contributed by atoms with van der Waals surface area (Å²) in [6.07, 6.45) is 0. The predicted molar refractivity (Wildman–Crippen MR) is 55.9 cm³/mol. The Bertz CT molecular complexity index is 498. The summed E-state index contributed by atoms with van der Waals surface area (Å²) in [6, 6.07) is 8.88. The Morgan fingerprint density at radius 3 is 2.87 bits per heavy atom. The molecule has 4 heteroatoms. The predicted octanol–water partition coefficient (Wildman–Crippen LogP) is 2.03. The largest absolute Gasteiger partial charge is 0.493 e. The van der Waals surface area contributed by atoms with E-state index in [1.165, 1.54) is 6.07 Å². The van der Waals surface area contributed by atoms with Crippen molar-refractivity contribution in [3.63, 3.8) is 0 Å². The fourth-order valence-corrected chi connectivity index (χ4v) is 1.39. The fraction of sp³-hybridized carbons (Fsp3) is 0.182. The molecular formula is C11H11NO3. The molecule has 78 valence electrons. The van der Waals surface area contributed by atoms with Crippen molar-refractivity contribution < 1.29 is 9.26 Å². The first kappa shape index (κ1) is 9.58. The van der Waals surface area contributed by atoms with Gasteiger partial charge in [-0.1, -0.05) is 12.1 Å². The van der Waals surface area contributed by atoms with Gasteiger partial charge in [0.05, 0.1) is 18.4 Å². The summed E-state index contributed by atoms with van der Waals surface area (Å²) >= 11 is 0. The maximum Gasteiger partial charge on any atom is 0.357 e. The normalized spacial score (nSPS) is 10.2. The Hall–Kier alpha value is -1.97. The lowest BCUT2D eigenvalue weighted by molar-refractivity contribution is 0.341. The molecule has 0 amide bonds. The Balaban J connectivity index is 2.47. The van der Waals surface area contributed by atoms with E-state index in [9.17, 15) is 4.79 Å². The maximum absolute atomic E-state index is 10.9. The molecule has 0 spiro atoms. The molecule has 15 heavy (non-hydrogen) atoms. The van der Waals surface area contributed by atoms with Gasteiger partial charge < -0.3 is 9.26 Å². The van der Waals surface area contributed by atoms with Crippen LogP contribution in [0.5, 0.6) is 5.75 Å². The average molecular weight is 205 g/mol. The van der Waals surface area contributed by atoms with Crippen LogP contribution in [0.25, 0.3) is 11.3 Å². The number of ether oxygens (including phenoxy) is 1. The highest BCUT2D eigenvalue weighted by molar-refractivity contribution is 5.66. The summed E-state index contributed by atoms with van der Waals surface area (Å²) in [4.78, 5) is 10.9. The molecule has 1 N–H and O–H groups in total. The molecule has 0 aliphatic rings. The third-order valence-corrected chi connectivity index (χ3v) is 2.00.